The van der Waals surface area contributed by atoms with Gasteiger partial charge >= 0.3 is 0 Å². The van der Waals surface area contributed by atoms with Crippen molar-refractivity contribution in [1.82, 2.24) is 10.3 Å². The lowest BCUT2D eigenvalue weighted by atomic mass is 10.1. The fraction of sp³-hybridized carbons (Fsp3) is 0.125. The fourth-order valence-electron chi connectivity index (χ4n) is 1.84. The van der Waals surface area contributed by atoms with Crippen molar-refractivity contribution >= 4 is 34.3 Å². The molecule has 0 spiro atoms. The van der Waals surface area contributed by atoms with Crippen LogP contribution in [0.5, 0.6) is 0 Å². The van der Waals surface area contributed by atoms with Gasteiger partial charge in [-0.1, -0.05) is 30.0 Å². The Kier molecular flexibility index (Phi) is 5.72. The molecule has 116 valence electrons. The van der Waals surface area contributed by atoms with Gasteiger partial charge in [-0.3, -0.25) is 10.1 Å². The van der Waals surface area contributed by atoms with E-state index in [1.54, 1.807) is 36.6 Å². The van der Waals surface area contributed by atoms with E-state index in [9.17, 15) is 4.79 Å². The zero-order valence-corrected chi connectivity index (χ0v) is 13.5. The van der Waals surface area contributed by atoms with Gasteiger partial charge in [0.15, 0.2) is 11.4 Å². The van der Waals surface area contributed by atoms with E-state index in [2.05, 4.69) is 20.6 Å². The summed E-state index contributed by atoms with van der Waals surface area (Å²) >= 11 is 1.29. The molecule has 2 N–H and O–H groups in total. The standard InChI is InChI=1S/C16H15N5OS/c1-11-6-5-9-14(19-11)21-15(22)12-7-3-4-8-13(12)20-16(23-2)18-10-17/h3-9H,1-2H3,(H,18,20)(H,19,21,22). The molecule has 6 nitrogen and oxygen atoms in total. The summed E-state index contributed by atoms with van der Waals surface area (Å²) in [7, 11) is 0. The minimum absolute atomic E-state index is 0.306. The van der Waals surface area contributed by atoms with Crippen LogP contribution in [0, 0.1) is 18.4 Å². The number of aromatic nitrogens is 1. The Hall–Kier alpha value is -2.85. The Morgan fingerprint density at radius 3 is 2.74 bits per heavy atom. The van der Waals surface area contributed by atoms with Crippen LogP contribution >= 0.6 is 11.8 Å². The first-order valence-electron chi connectivity index (χ1n) is 6.76. The molecular formula is C16H15N5OS. The summed E-state index contributed by atoms with van der Waals surface area (Å²) < 4.78 is 0. The smallest absolute Gasteiger partial charge is 0.259 e. The zero-order chi connectivity index (χ0) is 16.7. The molecule has 0 radical (unpaired) electrons. The lowest BCUT2D eigenvalue weighted by Gasteiger charge is -2.08. The maximum atomic E-state index is 12.5. The number of rotatable bonds is 3. The Morgan fingerprint density at radius 2 is 2.04 bits per heavy atom. The molecule has 0 aliphatic carbocycles. The largest absolute Gasteiger partial charge is 0.306 e. The van der Waals surface area contributed by atoms with Crippen LogP contribution in [0.1, 0.15) is 16.1 Å². The number of amides is 1. The highest BCUT2D eigenvalue weighted by Crippen LogP contribution is 2.21. The normalized spacial score (nSPS) is 10.7. The number of pyridine rings is 1. The van der Waals surface area contributed by atoms with Crippen LogP contribution < -0.4 is 10.6 Å². The van der Waals surface area contributed by atoms with E-state index in [0.717, 1.165) is 5.69 Å². The maximum absolute atomic E-state index is 12.5. The molecule has 0 atom stereocenters. The molecule has 2 aromatic rings. The number of benzene rings is 1. The lowest BCUT2D eigenvalue weighted by Crippen LogP contribution is -2.15. The number of nitrogens with zero attached hydrogens (tertiary/aromatic N) is 3. The Morgan fingerprint density at radius 1 is 1.26 bits per heavy atom. The molecule has 0 unspecified atom stereocenters. The molecule has 7 heteroatoms. The first kappa shape index (κ1) is 16.5. The number of aliphatic imine (C=N–C) groups is 1. The number of para-hydroxylation sites is 1. The van der Waals surface area contributed by atoms with Crippen LogP contribution in [0.2, 0.25) is 0 Å². The van der Waals surface area contributed by atoms with Gasteiger partial charge < -0.3 is 5.32 Å². The average Bonchev–Trinajstić information content (AvgIpc) is 2.55. The minimum Gasteiger partial charge on any atom is -0.306 e. The van der Waals surface area contributed by atoms with E-state index in [1.807, 2.05) is 25.2 Å². The summed E-state index contributed by atoms with van der Waals surface area (Å²) in [5.41, 5.74) is 1.70. The van der Waals surface area contributed by atoms with Crippen molar-refractivity contribution in [3.8, 4) is 6.19 Å². The molecule has 1 heterocycles. The van der Waals surface area contributed by atoms with Gasteiger partial charge in [-0.25, -0.2) is 9.98 Å². The van der Waals surface area contributed by atoms with Crippen LogP contribution in [0.15, 0.2) is 47.5 Å². The number of carbonyl (C=O) groups is 1. The lowest BCUT2D eigenvalue weighted by molar-refractivity contribution is 0.102. The van der Waals surface area contributed by atoms with Crippen molar-refractivity contribution in [2.45, 2.75) is 6.92 Å². The Bertz CT molecular complexity index is 782. The SMILES string of the molecule is CSC(=Nc1ccccc1C(=O)Nc1cccc(C)n1)NC#N. The van der Waals surface area contributed by atoms with Crippen LogP contribution in [0.3, 0.4) is 0 Å². The number of hydrogen-bond acceptors (Lipinski definition) is 5. The van der Waals surface area contributed by atoms with Crippen LogP contribution in [0.25, 0.3) is 0 Å². The third kappa shape index (κ3) is 4.56. The number of carbonyl (C=O) groups excluding carboxylic acids is 1. The summed E-state index contributed by atoms with van der Waals surface area (Å²) in [6.45, 7) is 1.85. The molecule has 0 saturated heterocycles. The highest BCUT2D eigenvalue weighted by molar-refractivity contribution is 8.13. The summed E-state index contributed by atoms with van der Waals surface area (Å²) in [5, 5.41) is 14.3. The van der Waals surface area contributed by atoms with Gasteiger partial charge in [-0.2, -0.15) is 5.26 Å². The topological polar surface area (TPSA) is 90.2 Å². The number of anilines is 1. The number of nitriles is 1. The predicted molar refractivity (Wildman–Crippen MR) is 92.7 cm³/mol. The predicted octanol–water partition coefficient (Wildman–Crippen LogP) is 3.06. The van der Waals surface area contributed by atoms with Crippen molar-refractivity contribution in [2.24, 2.45) is 4.99 Å². The molecule has 0 fully saturated rings. The van der Waals surface area contributed by atoms with Gasteiger partial charge in [0.25, 0.3) is 5.91 Å². The molecule has 1 aromatic carbocycles. The maximum Gasteiger partial charge on any atom is 0.259 e. The van der Waals surface area contributed by atoms with Crippen LogP contribution in [0.4, 0.5) is 11.5 Å². The van der Waals surface area contributed by atoms with E-state index < -0.39 is 0 Å². The Labute approximate surface area is 138 Å². The van der Waals surface area contributed by atoms with E-state index in [0.29, 0.717) is 22.2 Å². The number of aryl methyl sites for hydroxylation is 1. The second-order valence-corrected chi connectivity index (χ2v) is 5.29. The zero-order valence-electron chi connectivity index (χ0n) is 12.7. The molecule has 0 saturated carbocycles. The van der Waals surface area contributed by atoms with Gasteiger partial charge in [-0.05, 0) is 37.4 Å². The number of amidine groups is 1. The molecule has 0 aliphatic heterocycles. The van der Waals surface area contributed by atoms with E-state index in [4.69, 9.17) is 5.26 Å². The molecule has 1 aromatic heterocycles. The molecule has 0 bridgehead atoms. The van der Waals surface area contributed by atoms with Crippen LogP contribution in [-0.4, -0.2) is 22.3 Å². The summed E-state index contributed by atoms with van der Waals surface area (Å²) in [5.74, 6) is 0.175. The van der Waals surface area contributed by atoms with Gasteiger partial charge in [0, 0.05) is 5.69 Å². The molecule has 1 amide bonds. The van der Waals surface area contributed by atoms with Gasteiger partial charge in [0.05, 0.1) is 11.3 Å². The van der Waals surface area contributed by atoms with Gasteiger partial charge in [-0.15, -0.1) is 0 Å². The van der Waals surface area contributed by atoms with Crippen LogP contribution in [-0.2, 0) is 0 Å². The van der Waals surface area contributed by atoms with Crippen molar-refractivity contribution < 1.29 is 4.79 Å². The third-order valence-electron chi connectivity index (χ3n) is 2.86. The average molecular weight is 325 g/mol. The van der Waals surface area contributed by atoms with E-state index >= 15 is 0 Å². The fourth-order valence-corrected chi connectivity index (χ4v) is 2.18. The quantitative estimate of drug-likeness (QED) is 0.392. The van der Waals surface area contributed by atoms with Crippen molar-refractivity contribution in [1.29, 1.82) is 5.26 Å². The van der Waals surface area contributed by atoms with Gasteiger partial charge in [0.1, 0.15) is 5.82 Å². The second-order valence-electron chi connectivity index (χ2n) is 4.49. The minimum atomic E-state index is -0.306. The van der Waals surface area contributed by atoms with Crippen molar-refractivity contribution in [3.63, 3.8) is 0 Å². The molecular weight excluding hydrogens is 310 g/mol. The third-order valence-corrected chi connectivity index (χ3v) is 3.44. The van der Waals surface area contributed by atoms with Crippen molar-refractivity contribution in [3.05, 3.63) is 53.7 Å². The number of hydrogen-bond donors (Lipinski definition) is 2. The number of thioether (sulfide) groups is 1. The first-order chi connectivity index (χ1) is 11.1. The summed E-state index contributed by atoms with van der Waals surface area (Å²) in [4.78, 5) is 21.0. The first-order valence-corrected chi connectivity index (χ1v) is 7.98. The molecule has 0 aliphatic rings. The summed E-state index contributed by atoms with van der Waals surface area (Å²) in [6, 6.07) is 12.3. The monoisotopic (exact) mass is 325 g/mol. The highest BCUT2D eigenvalue weighted by Gasteiger charge is 2.12. The second kappa shape index (κ2) is 7.96. The van der Waals surface area contributed by atoms with Crippen molar-refractivity contribution in [2.75, 3.05) is 11.6 Å². The van der Waals surface area contributed by atoms with E-state index in [-0.39, 0.29) is 5.91 Å². The Balaban J connectivity index is 2.29. The molecule has 23 heavy (non-hydrogen) atoms. The summed E-state index contributed by atoms with van der Waals surface area (Å²) in [6.07, 6.45) is 3.62. The molecule has 2 rings (SSSR count). The van der Waals surface area contributed by atoms with Gasteiger partial charge in [0.2, 0.25) is 0 Å². The number of nitrogens with one attached hydrogen (secondary N) is 2. The van der Waals surface area contributed by atoms with E-state index in [1.165, 1.54) is 11.8 Å². The highest BCUT2D eigenvalue weighted by atomic mass is 32.2.